The molecule has 2 heterocycles. The third-order valence-electron chi connectivity index (χ3n) is 4.04. The first-order valence-corrected chi connectivity index (χ1v) is 8.97. The molecular weight excluding hydrogens is 409 g/mol. The standard InChI is InChI=1S/C21H13BrFN3O/c22-16-2-1-3-18(13-16)26-20(15-4-6-17(23)7-5-15)25-19(21(26)27)12-14-8-10-24-11-9-14/h1-13H/b19-12+. The van der Waals surface area contributed by atoms with Gasteiger partial charge < -0.3 is 0 Å². The lowest BCUT2D eigenvalue weighted by molar-refractivity contribution is -0.113. The molecule has 6 heteroatoms. The number of rotatable bonds is 3. The minimum absolute atomic E-state index is 0.246. The zero-order chi connectivity index (χ0) is 18.8. The van der Waals surface area contributed by atoms with E-state index in [0.717, 1.165) is 10.0 Å². The minimum atomic E-state index is -0.342. The van der Waals surface area contributed by atoms with Gasteiger partial charge in [0.25, 0.3) is 5.91 Å². The van der Waals surface area contributed by atoms with Crippen LogP contribution in [0.25, 0.3) is 6.08 Å². The first-order valence-electron chi connectivity index (χ1n) is 8.18. The Kier molecular flexibility index (Phi) is 4.64. The minimum Gasteiger partial charge on any atom is -0.266 e. The van der Waals surface area contributed by atoms with Gasteiger partial charge in [-0.2, -0.15) is 0 Å². The lowest BCUT2D eigenvalue weighted by Crippen LogP contribution is -2.32. The molecule has 0 spiro atoms. The molecule has 0 saturated heterocycles. The third-order valence-corrected chi connectivity index (χ3v) is 4.53. The molecule has 2 aromatic carbocycles. The van der Waals surface area contributed by atoms with Gasteiger partial charge in [0.1, 0.15) is 17.3 Å². The van der Waals surface area contributed by atoms with E-state index in [4.69, 9.17) is 0 Å². The number of hydrogen-bond donors (Lipinski definition) is 0. The van der Waals surface area contributed by atoms with Gasteiger partial charge in [-0.1, -0.05) is 22.0 Å². The number of nitrogens with zero attached hydrogens (tertiary/aromatic N) is 3. The van der Waals surface area contributed by atoms with Crippen molar-refractivity contribution < 1.29 is 9.18 Å². The second-order valence-corrected chi connectivity index (χ2v) is 6.79. The van der Waals surface area contributed by atoms with Crippen LogP contribution in [-0.4, -0.2) is 16.7 Å². The molecule has 0 aliphatic carbocycles. The summed E-state index contributed by atoms with van der Waals surface area (Å²) in [5.74, 6) is -0.132. The van der Waals surface area contributed by atoms with Crippen molar-refractivity contribution in [2.45, 2.75) is 0 Å². The number of amidine groups is 1. The van der Waals surface area contributed by atoms with Crippen LogP contribution in [0.3, 0.4) is 0 Å². The molecule has 0 fully saturated rings. The Morgan fingerprint density at radius 1 is 1.00 bits per heavy atom. The summed E-state index contributed by atoms with van der Waals surface area (Å²) in [6, 6.07) is 16.9. The number of carbonyl (C=O) groups is 1. The third kappa shape index (κ3) is 3.57. The van der Waals surface area contributed by atoms with Crippen molar-refractivity contribution in [1.82, 2.24) is 4.98 Å². The molecule has 0 saturated carbocycles. The summed E-state index contributed by atoms with van der Waals surface area (Å²) in [6.45, 7) is 0. The normalized spacial score (nSPS) is 15.3. The van der Waals surface area contributed by atoms with Gasteiger partial charge >= 0.3 is 0 Å². The van der Waals surface area contributed by atoms with E-state index >= 15 is 0 Å². The van der Waals surface area contributed by atoms with E-state index in [9.17, 15) is 9.18 Å². The fourth-order valence-electron chi connectivity index (χ4n) is 2.78. The van der Waals surface area contributed by atoms with Gasteiger partial charge in [0, 0.05) is 22.4 Å². The summed E-state index contributed by atoms with van der Waals surface area (Å²) in [6.07, 6.45) is 5.02. The number of benzene rings is 2. The van der Waals surface area contributed by atoms with E-state index in [-0.39, 0.29) is 11.7 Å². The Labute approximate surface area is 163 Å². The number of pyridine rings is 1. The maximum Gasteiger partial charge on any atom is 0.282 e. The molecule has 1 aliphatic rings. The molecule has 0 unspecified atom stereocenters. The quantitative estimate of drug-likeness (QED) is 0.569. The molecule has 0 radical (unpaired) electrons. The molecule has 132 valence electrons. The van der Waals surface area contributed by atoms with Crippen molar-refractivity contribution in [2.75, 3.05) is 4.90 Å². The molecule has 27 heavy (non-hydrogen) atoms. The Hall–Kier alpha value is -3.12. The Bertz CT molecular complexity index is 1060. The summed E-state index contributed by atoms with van der Waals surface area (Å²) in [4.78, 5) is 23.2. The highest BCUT2D eigenvalue weighted by Gasteiger charge is 2.32. The number of aromatic nitrogens is 1. The van der Waals surface area contributed by atoms with Crippen LogP contribution in [0.1, 0.15) is 11.1 Å². The first kappa shape index (κ1) is 17.3. The summed E-state index contributed by atoms with van der Waals surface area (Å²) < 4.78 is 14.2. The average Bonchev–Trinajstić information content (AvgIpc) is 2.99. The van der Waals surface area contributed by atoms with Gasteiger partial charge in [-0.15, -0.1) is 0 Å². The Balaban J connectivity index is 1.84. The number of amides is 1. The van der Waals surface area contributed by atoms with Crippen molar-refractivity contribution in [2.24, 2.45) is 4.99 Å². The number of hydrogen-bond acceptors (Lipinski definition) is 3. The van der Waals surface area contributed by atoms with Gasteiger partial charge in [0.05, 0.1) is 5.69 Å². The molecular formula is C21H13BrFN3O. The molecule has 4 nitrogen and oxygen atoms in total. The summed E-state index contributed by atoms with van der Waals surface area (Å²) in [5, 5.41) is 0. The second kappa shape index (κ2) is 7.25. The topological polar surface area (TPSA) is 45.6 Å². The summed E-state index contributed by atoms with van der Waals surface area (Å²) in [7, 11) is 0. The van der Waals surface area contributed by atoms with Crippen LogP contribution in [0.4, 0.5) is 10.1 Å². The lowest BCUT2D eigenvalue weighted by atomic mass is 10.1. The molecule has 1 aliphatic heterocycles. The van der Waals surface area contributed by atoms with E-state index in [1.807, 2.05) is 24.3 Å². The van der Waals surface area contributed by atoms with Gasteiger partial charge in [-0.25, -0.2) is 9.38 Å². The van der Waals surface area contributed by atoms with E-state index in [1.165, 1.54) is 17.0 Å². The van der Waals surface area contributed by atoms with Crippen LogP contribution in [0, 0.1) is 5.82 Å². The predicted octanol–water partition coefficient (Wildman–Crippen LogP) is 4.82. The van der Waals surface area contributed by atoms with Crippen LogP contribution >= 0.6 is 15.9 Å². The van der Waals surface area contributed by atoms with Gasteiger partial charge in [0.15, 0.2) is 0 Å². The van der Waals surface area contributed by atoms with Crippen molar-refractivity contribution in [3.8, 4) is 0 Å². The largest absolute Gasteiger partial charge is 0.282 e. The van der Waals surface area contributed by atoms with E-state index in [0.29, 0.717) is 22.8 Å². The van der Waals surface area contributed by atoms with Crippen molar-refractivity contribution in [3.05, 3.63) is 100 Å². The Morgan fingerprint density at radius 3 is 2.44 bits per heavy atom. The van der Waals surface area contributed by atoms with Crippen LogP contribution < -0.4 is 4.90 Å². The van der Waals surface area contributed by atoms with Crippen LogP contribution in [-0.2, 0) is 4.79 Å². The second-order valence-electron chi connectivity index (χ2n) is 5.87. The molecule has 0 bridgehead atoms. The highest BCUT2D eigenvalue weighted by Crippen LogP contribution is 2.29. The number of halogens is 2. The molecule has 0 N–H and O–H groups in total. The SMILES string of the molecule is O=C1/C(=C\c2ccncc2)N=C(c2ccc(F)cc2)N1c1cccc(Br)c1. The average molecular weight is 422 g/mol. The fraction of sp³-hybridized carbons (Fsp3) is 0. The molecule has 4 rings (SSSR count). The molecule has 1 aromatic heterocycles. The van der Waals surface area contributed by atoms with E-state index in [2.05, 4.69) is 25.9 Å². The molecule has 0 atom stereocenters. The van der Waals surface area contributed by atoms with Crippen molar-refractivity contribution in [1.29, 1.82) is 0 Å². The van der Waals surface area contributed by atoms with Crippen molar-refractivity contribution >= 4 is 39.4 Å². The van der Waals surface area contributed by atoms with E-state index in [1.54, 1.807) is 42.7 Å². The number of anilines is 1. The monoisotopic (exact) mass is 421 g/mol. The first-order chi connectivity index (χ1) is 13.1. The van der Waals surface area contributed by atoms with Crippen LogP contribution in [0.15, 0.2) is 88.2 Å². The zero-order valence-corrected chi connectivity index (χ0v) is 15.6. The predicted molar refractivity (Wildman–Crippen MR) is 107 cm³/mol. The molecule has 3 aromatic rings. The molecule has 1 amide bonds. The fourth-order valence-corrected chi connectivity index (χ4v) is 3.17. The lowest BCUT2D eigenvalue weighted by Gasteiger charge is -2.18. The number of carbonyl (C=O) groups excluding carboxylic acids is 1. The van der Waals surface area contributed by atoms with Crippen LogP contribution in [0.2, 0.25) is 0 Å². The van der Waals surface area contributed by atoms with E-state index < -0.39 is 0 Å². The zero-order valence-electron chi connectivity index (χ0n) is 14.0. The highest BCUT2D eigenvalue weighted by molar-refractivity contribution is 9.10. The summed E-state index contributed by atoms with van der Waals surface area (Å²) >= 11 is 3.43. The smallest absolute Gasteiger partial charge is 0.266 e. The summed E-state index contributed by atoms with van der Waals surface area (Å²) in [5.41, 5.74) is 2.46. The van der Waals surface area contributed by atoms with Gasteiger partial charge in [-0.3, -0.25) is 14.7 Å². The maximum absolute atomic E-state index is 13.3. The number of aliphatic imine (C=N–C) groups is 1. The Morgan fingerprint density at radius 2 is 1.74 bits per heavy atom. The van der Waals surface area contributed by atoms with Gasteiger partial charge in [-0.05, 0) is 66.2 Å². The highest BCUT2D eigenvalue weighted by atomic mass is 79.9. The van der Waals surface area contributed by atoms with Gasteiger partial charge in [0.2, 0.25) is 0 Å². The van der Waals surface area contributed by atoms with Crippen LogP contribution in [0.5, 0.6) is 0 Å². The van der Waals surface area contributed by atoms with Crippen molar-refractivity contribution in [3.63, 3.8) is 0 Å². The maximum atomic E-state index is 13.3.